The molecule has 0 saturated carbocycles. The van der Waals surface area contributed by atoms with Crippen molar-refractivity contribution >= 4 is 5.97 Å². The molecule has 1 atom stereocenters. The van der Waals surface area contributed by atoms with Gasteiger partial charge in [0.15, 0.2) is 0 Å². The van der Waals surface area contributed by atoms with E-state index in [1.54, 1.807) is 6.92 Å². The van der Waals surface area contributed by atoms with Crippen LogP contribution < -0.4 is 5.32 Å². The Morgan fingerprint density at radius 3 is 2.65 bits per heavy atom. The lowest BCUT2D eigenvalue weighted by atomic mass is 9.87. The molecule has 3 nitrogen and oxygen atoms in total. The molecule has 1 unspecified atom stereocenters. The molecule has 1 rings (SSSR count). The summed E-state index contributed by atoms with van der Waals surface area (Å²) in [6.45, 7) is 5.73. The average molecular weight is 231 g/mol. The van der Waals surface area contributed by atoms with Gasteiger partial charge in [-0.3, -0.25) is 5.32 Å². The van der Waals surface area contributed by atoms with E-state index in [1.807, 2.05) is 32.0 Å². The summed E-state index contributed by atoms with van der Waals surface area (Å²) in [6, 6.07) is 5.71. The van der Waals surface area contributed by atoms with Gasteiger partial charge in [0.25, 0.3) is 0 Å². The molecule has 0 aliphatic heterocycles. The molecule has 0 aliphatic carbocycles. The van der Waals surface area contributed by atoms with Crippen LogP contribution in [0, 0.1) is 26.2 Å². The third-order valence-corrected chi connectivity index (χ3v) is 2.89. The Morgan fingerprint density at radius 1 is 1.53 bits per heavy atom. The summed E-state index contributed by atoms with van der Waals surface area (Å²) in [7, 11) is 0. The number of carboxylic acid groups (broad SMARTS) is 1. The van der Waals surface area contributed by atoms with Gasteiger partial charge >= 0.3 is 5.97 Å². The minimum Gasteiger partial charge on any atom is -0.480 e. The van der Waals surface area contributed by atoms with Crippen LogP contribution in [0.5, 0.6) is 0 Å². The van der Waals surface area contributed by atoms with Gasteiger partial charge in [-0.2, -0.15) is 0 Å². The summed E-state index contributed by atoms with van der Waals surface area (Å²) >= 11 is 0. The quantitative estimate of drug-likeness (QED) is 0.777. The standard InChI is InChI=1S/C14H17NO2/c1-5-8-15-14(4,13(16)17)12-7-6-10(2)9-11(12)3/h1,6-7,9,15H,8H2,2-4H3,(H,16,17). The fourth-order valence-electron chi connectivity index (χ4n) is 1.89. The number of nitrogens with one attached hydrogen (secondary N) is 1. The van der Waals surface area contributed by atoms with E-state index in [4.69, 9.17) is 6.42 Å². The summed E-state index contributed by atoms with van der Waals surface area (Å²) in [4.78, 5) is 11.4. The van der Waals surface area contributed by atoms with Gasteiger partial charge in [0, 0.05) is 0 Å². The van der Waals surface area contributed by atoms with Crippen LogP contribution in [0.15, 0.2) is 18.2 Å². The minimum absolute atomic E-state index is 0.218. The van der Waals surface area contributed by atoms with Crippen LogP contribution >= 0.6 is 0 Å². The number of hydrogen-bond donors (Lipinski definition) is 2. The van der Waals surface area contributed by atoms with E-state index < -0.39 is 11.5 Å². The van der Waals surface area contributed by atoms with Crippen LogP contribution in [0.4, 0.5) is 0 Å². The van der Waals surface area contributed by atoms with Crippen LogP contribution in [-0.4, -0.2) is 17.6 Å². The predicted molar refractivity (Wildman–Crippen MR) is 67.7 cm³/mol. The molecule has 1 aromatic carbocycles. The number of aliphatic carboxylic acids is 1. The van der Waals surface area contributed by atoms with Gasteiger partial charge in [0.05, 0.1) is 6.54 Å². The third-order valence-electron chi connectivity index (χ3n) is 2.89. The Kier molecular flexibility index (Phi) is 3.93. The largest absolute Gasteiger partial charge is 0.480 e. The first-order valence-electron chi connectivity index (χ1n) is 5.41. The molecule has 0 amide bonds. The van der Waals surface area contributed by atoms with Crippen LogP contribution in [0.3, 0.4) is 0 Å². The van der Waals surface area contributed by atoms with Crippen molar-refractivity contribution in [1.29, 1.82) is 0 Å². The Balaban J connectivity index is 3.23. The summed E-state index contributed by atoms with van der Waals surface area (Å²) in [5.74, 6) is 1.47. The normalized spacial score (nSPS) is 13.8. The maximum atomic E-state index is 11.4. The van der Waals surface area contributed by atoms with Gasteiger partial charge < -0.3 is 5.11 Å². The molecule has 0 aromatic heterocycles. The molecule has 0 radical (unpaired) electrons. The fraction of sp³-hybridized carbons (Fsp3) is 0.357. The summed E-state index contributed by atoms with van der Waals surface area (Å²) in [6.07, 6.45) is 5.17. The first-order valence-corrected chi connectivity index (χ1v) is 5.41. The Labute approximate surface area is 102 Å². The number of terminal acetylenes is 1. The highest BCUT2D eigenvalue weighted by Crippen LogP contribution is 2.25. The molecule has 17 heavy (non-hydrogen) atoms. The van der Waals surface area contributed by atoms with Gasteiger partial charge in [0.2, 0.25) is 0 Å². The summed E-state index contributed by atoms with van der Waals surface area (Å²) in [5, 5.41) is 12.3. The number of carboxylic acids is 1. The molecule has 2 N–H and O–H groups in total. The zero-order valence-electron chi connectivity index (χ0n) is 10.4. The van der Waals surface area contributed by atoms with Crippen molar-refractivity contribution in [3.05, 3.63) is 34.9 Å². The lowest BCUT2D eigenvalue weighted by molar-refractivity contribution is -0.144. The molecular formula is C14H17NO2. The van der Waals surface area contributed by atoms with Crippen LogP contribution in [0.1, 0.15) is 23.6 Å². The Hall–Kier alpha value is -1.79. The molecule has 0 saturated heterocycles. The Bertz CT molecular complexity index is 474. The third kappa shape index (κ3) is 2.66. The lowest BCUT2D eigenvalue weighted by Gasteiger charge is -2.27. The Morgan fingerprint density at radius 2 is 2.18 bits per heavy atom. The number of benzene rings is 1. The first-order chi connectivity index (χ1) is 7.91. The number of hydrogen-bond acceptors (Lipinski definition) is 2. The molecule has 0 bridgehead atoms. The zero-order chi connectivity index (χ0) is 13.1. The van der Waals surface area contributed by atoms with Crippen molar-refractivity contribution in [3.63, 3.8) is 0 Å². The number of rotatable bonds is 4. The van der Waals surface area contributed by atoms with E-state index >= 15 is 0 Å². The molecule has 90 valence electrons. The van der Waals surface area contributed by atoms with Crippen LogP contribution in [0.2, 0.25) is 0 Å². The van der Waals surface area contributed by atoms with Gasteiger partial charge in [-0.25, -0.2) is 4.79 Å². The molecule has 0 heterocycles. The van der Waals surface area contributed by atoms with E-state index in [1.165, 1.54) is 0 Å². The molecule has 0 aliphatic rings. The fourth-order valence-corrected chi connectivity index (χ4v) is 1.89. The minimum atomic E-state index is -1.15. The van der Waals surface area contributed by atoms with Crippen molar-refractivity contribution in [1.82, 2.24) is 5.32 Å². The van der Waals surface area contributed by atoms with Crippen LogP contribution in [-0.2, 0) is 10.3 Å². The summed E-state index contributed by atoms with van der Waals surface area (Å²) in [5.41, 5.74) is 1.64. The number of carbonyl (C=O) groups is 1. The summed E-state index contributed by atoms with van der Waals surface area (Å²) < 4.78 is 0. The van der Waals surface area contributed by atoms with Crippen molar-refractivity contribution in [2.45, 2.75) is 26.3 Å². The molecule has 3 heteroatoms. The van der Waals surface area contributed by atoms with E-state index in [0.717, 1.165) is 16.7 Å². The van der Waals surface area contributed by atoms with Crippen molar-refractivity contribution in [3.8, 4) is 12.3 Å². The van der Waals surface area contributed by atoms with Crippen molar-refractivity contribution in [2.75, 3.05) is 6.54 Å². The maximum absolute atomic E-state index is 11.4. The molecule has 0 fully saturated rings. The number of aryl methyl sites for hydroxylation is 2. The topological polar surface area (TPSA) is 49.3 Å². The second-order valence-corrected chi connectivity index (χ2v) is 4.31. The smallest absolute Gasteiger partial charge is 0.328 e. The highest BCUT2D eigenvalue weighted by Gasteiger charge is 2.35. The van der Waals surface area contributed by atoms with E-state index in [9.17, 15) is 9.90 Å². The SMILES string of the molecule is C#CCNC(C)(C(=O)O)c1ccc(C)cc1C. The molecule has 1 aromatic rings. The van der Waals surface area contributed by atoms with E-state index in [2.05, 4.69) is 11.2 Å². The average Bonchev–Trinajstić information content (AvgIpc) is 2.25. The van der Waals surface area contributed by atoms with Crippen LogP contribution in [0.25, 0.3) is 0 Å². The zero-order valence-corrected chi connectivity index (χ0v) is 10.4. The van der Waals surface area contributed by atoms with Crippen molar-refractivity contribution in [2.24, 2.45) is 0 Å². The second-order valence-electron chi connectivity index (χ2n) is 4.31. The van der Waals surface area contributed by atoms with E-state index in [0.29, 0.717) is 0 Å². The lowest BCUT2D eigenvalue weighted by Crippen LogP contribution is -2.47. The van der Waals surface area contributed by atoms with Gasteiger partial charge in [-0.1, -0.05) is 29.7 Å². The van der Waals surface area contributed by atoms with Crippen molar-refractivity contribution < 1.29 is 9.90 Å². The predicted octanol–water partition coefficient (Wildman–Crippen LogP) is 1.83. The van der Waals surface area contributed by atoms with Gasteiger partial charge in [-0.15, -0.1) is 6.42 Å². The van der Waals surface area contributed by atoms with Gasteiger partial charge in [0.1, 0.15) is 5.54 Å². The molecular weight excluding hydrogens is 214 g/mol. The van der Waals surface area contributed by atoms with E-state index in [-0.39, 0.29) is 6.54 Å². The highest BCUT2D eigenvalue weighted by molar-refractivity contribution is 5.81. The van der Waals surface area contributed by atoms with Gasteiger partial charge in [-0.05, 0) is 31.9 Å². The second kappa shape index (κ2) is 5.03. The maximum Gasteiger partial charge on any atom is 0.328 e. The first kappa shape index (κ1) is 13.3. The highest BCUT2D eigenvalue weighted by atomic mass is 16.4. The molecule has 0 spiro atoms. The monoisotopic (exact) mass is 231 g/mol.